The van der Waals surface area contributed by atoms with Crippen molar-refractivity contribution >= 4 is 27.9 Å². The third-order valence-corrected chi connectivity index (χ3v) is 3.24. The highest BCUT2D eigenvalue weighted by atomic mass is 79.9. The summed E-state index contributed by atoms with van der Waals surface area (Å²) in [5.41, 5.74) is 0.908. The molecular formula is C15H14BrNO3. The fourth-order valence-corrected chi connectivity index (χ4v) is 2.16. The lowest BCUT2D eigenvalue weighted by molar-refractivity contribution is -0.116. The summed E-state index contributed by atoms with van der Waals surface area (Å²) < 4.78 is 11.1. The molecule has 0 bridgehead atoms. The molecule has 4 nitrogen and oxygen atoms in total. The van der Waals surface area contributed by atoms with Crippen LogP contribution in [0.15, 0.2) is 51.6 Å². The summed E-state index contributed by atoms with van der Waals surface area (Å²) in [5.74, 6) is 1.30. The maximum absolute atomic E-state index is 11.6. The van der Waals surface area contributed by atoms with Crippen LogP contribution in [0.25, 0.3) is 6.08 Å². The number of methoxy groups -OCH3 is 1. The highest BCUT2D eigenvalue weighted by Gasteiger charge is 2.01. The molecular weight excluding hydrogens is 322 g/mol. The second kappa shape index (κ2) is 6.96. The maximum atomic E-state index is 11.6. The molecule has 1 amide bonds. The Morgan fingerprint density at radius 2 is 2.30 bits per heavy atom. The van der Waals surface area contributed by atoms with Crippen molar-refractivity contribution in [1.29, 1.82) is 0 Å². The van der Waals surface area contributed by atoms with Gasteiger partial charge in [-0.15, -0.1) is 0 Å². The van der Waals surface area contributed by atoms with Crippen LogP contribution in [-0.2, 0) is 11.3 Å². The van der Waals surface area contributed by atoms with Gasteiger partial charge in [-0.3, -0.25) is 4.79 Å². The monoisotopic (exact) mass is 335 g/mol. The summed E-state index contributed by atoms with van der Waals surface area (Å²) in [4.78, 5) is 11.6. The van der Waals surface area contributed by atoms with Crippen molar-refractivity contribution in [3.05, 3.63) is 58.5 Å². The van der Waals surface area contributed by atoms with Gasteiger partial charge in [0.1, 0.15) is 11.5 Å². The van der Waals surface area contributed by atoms with E-state index in [0.717, 1.165) is 21.5 Å². The number of hydrogen-bond acceptors (Lipinski definition) is 3. The number of carbonyl (C=O) groups excluding carboxylic acids is 1. The van der Waals surface area contributed by atoms with Crippen molar-refractivity contribution in [2.75, 3.05) is 7.11 Å². The van der Waals surface area contributed by atoms with Gasteiger partial charge in [-0.2, -0.15) is 0 Å². The molecule has 2 rings (SSSR count). The van der Waals surface area contributed by atoms with E-state index in [4.69, 9.17) is 9.15 Å². The molecule has 0 spiro atoms. The number of rotatable bonds is 5. The summed E-state index contributed by atoms with van der Waals surface area (Å²) in [6, 6.07) is 9.19. The molecule has 104 valence electrons. The van der Waals surface area contributed by atoms with Gasteiger partial charge < -0.3 is 14.5 Å². The average Bonchev–Trinajstić information content (AvgIpc) is 2.96. The molecule has 0 aliphatic rings. The number of hydrogen-bond donors (Lipinski definition) is 1. The number of amides is 1. The second-order valence-corrected chi connectivity index (χ2v) is 4.88. The van der Waals surface area contributed by atoms with Gasteiger partial charge >= 0.3 is 0 Å². The molecule has 0 saturated carbocycles. The normalized spacial score (nSPS) is 10.7. The van der Waals surface area contributed by atoms with Crippen LogP contribution in [0.3, 0.4) is 0 Å². The molecule has 0 saturated heterocycles. The maximum Gasteiger partial charge on any atom is 0.244 e. The van der Waals surface area contributed by atoms with Crippen LogP contribution >= 0.6 is 15.9 Å². The molecule has 0 atom stereocenters. The van der Waals surface area contributed by atoms with Crippen molar-refractivity contribution in [1.82, 2.24) is 5.32 Å². The molecule has 0 unspecified atom stereocenters. The summed E-state index contributed by atoms with van der Waals surface area (Å²) in [6.07, 6.45) is 4.80. The number of carbonyl (C=O) groups is 1. The van der Waals surface area contributed by atoms with Crippen LogP contribution in [0.5, 0.6) is 5.75 Å². The van der Waals surface area contributed by atoms with Crippen molar-refractivity contribution in [3.63, 3.8) is 0 Å². The third-order valence-electron chi connectivity index (χ3n) is 2.62. The molecule has 0 radical (unpaired) electrons. The van der Waals surface area contributed by atoms with E-state index in [9.17, 15) is 4.79 Å². The summed E-state index contributed by atoms with van der Waals surface area (Å²) >= 11 is 3.40. The Morgan fingerprint density at radius 3 is 2.95 bits per heavy atom. The Kier molecular flexibility index (Phi) is 5.01. The number of nitrogens with one attached hydrogen (secondary N) is 1. The van der Waals surface area contributed by atoms with Crippen LogP contribution in [0.4, 0.5) is 0 Å². The van der Waals surface area contributed by atoms with Crippen LogP contribution in [0.1, 0.15) is 11.3 Å². The van der Waals surface area contributed by atoms with Gasteiger partial charge in [-0.25, -0.2) is 0 Å². The van der Waals surface area contributed by atoms with Crippen LogP contribution in [0, 0.1) is 0 Å². The lowest BCUT2D eigenvalue weighted by Gasteiger charge is -2.03. The molecule has 1 N–H and O–H groups in total. The Morgan fingerprint density at radius 1 is 1.45 bits per heavy atom. The molecule has 0 aliphatic carbocycles. The zero-order chi connectivity index (χ0) is 14.4. The highest BCUT2D eigenvalue weighted by Crippen LogP contribution is 2.25. The first-order valence-corrected chi connectivity index (χ1v) is 6.80. The highest BCUT2D eigenvalue weighted by molar-refractivity contribution is 9.10. The largest absolute Gasteiger partial charge is 0.496 e. The Hall–Kier alpha value is -2.01. The van der Waals surface area contributed by atoms with Gasteiger partial charge in [-0.05, 0) is 51.8 Å². The van der Waals surface area contributed by atoms with E-state index in [1.54, 1.807) is 25.5 Å². The fraction of sp³-hybridized carbons (Fsp3) is 0.133. The number of benzene rings is 1. The van der Waals surface area contributed by atoms with Crippen molar-refractivity contribution in [3.8, 4) is 5.75 Å². The summed E-state index contributed by atoms with van der Waals surface area (Å²) in [7, 11) is 1.61. The van der Waals surface area contributed by atoms with Gasteiger partial charge in [0.15, 0.2) is 0 Å². The van der Waals surface area contributed by atoms with Crippen molar-refractivity contribution in [2.24, 2.45) is 0 Å². The lowest BCUT2D eigenvalue weighted by Crippen LogP contribution is -2.19. The van der Waals surface area contributed by atoms with E-state index in [1.165, 1.54) is 6.08 Å². The molecule has 1 heterocycles. The first kappa shape index (κ1) is 14.4. The van der Waals surface area contributed by atoms with Gasteiger partial charge in [-0.1, -0.05) is 6.07 Å². The predicted octanol–water partition coefficient (Wildman–Crippen LogP) is 3.38. The summed E-state index contributed by atoms with van der Waals surface area (Å²) in [5, 5.41) is 2.74. The standard InChI is InChI=1S/C15H14BrNO3/c1-19-14-6-4-11(9-13(14)16)5-7-15(18)17-10-12-3-2-8-20-12/h2-9H,10H2,1H3,(H,17,18)/b7-5+. The third kappa shape index (κ3) is 3.99. The molecule has 0 fully saturated rings. The van der Waals surface area contributed by atoms with Gasteiger partial charge in [0, 0.05) is 6.08 Å². The number of ether oxygens (including phenoxy) is 1. The second-order valence-electron chi connectivity index (χ2n) is 4.02. The summed E-state index contributed by atoms with van der Waals surface area (Å²) in [6.45, 7) is 0.377. The van der Waals surface area contributed by atoms with Gasteiger partial charge in [0.2, 0.25) is 5.91 Å². The molecule has 0 aliphatic heterocycles. The quantitative estimate of drug-likeness (QED) is 0.852. The van der Waals surface area contributed by atoms with Crippen molar-refractivity contribution < 1.29 is 13.9 Å². The zero-order valence-corrected chi connectivity index (χ0v) is 12.5. The molecule has 1 aromatic carbocycles. The van der Waals surface area contributed by atoms with Gasteiger partial charge in [0.25, 0.3) is 0 Å². The average molecular weight is 336 g/mol. The Balaban J connectivity index is 1.91. The van der Waals surface area contributed by atoms with Crippen LogP contribution < -0.4 is 10.1 Å². The first-order chi connectivity index (χ1) is 9.69. The number of halogens is 1. The minimum Gasteiger partial charge on any atom is -0.496 e. The van der Waals surface area contributed by atoms with Crippen LogP contribution in [0.2, 0.25) is 0 Å². The smallest absolute Gasteiger partial charge is 0.244 e. The SMILES string of the molecule is COc1ccc(/C=C/C(=O)NCc2ccco2)cc1Br. The fourth-order valence-electron chi connectivity index (χ4n) is 1.60. The lowest BCUT2D eigenvalue weighted by atomic mass is 10.2. The molecule has 1 aromatic heterocycles. The van der Waals surface area contributed by atoms with E-state index < -0.39 is 0 Å². The molecule has 2 aromatic rings. The predicted molar refractivity (Wildman–Crippen MR) is 80.3 cm³/mol. The minimum atomic E-state index is -0.173. The van der Waals surface area contributed by atoms with E-state index in [2.05, 4.69) is 21.2 Å². The first-order valence-electron chi connectivity index (χ1n) is 6.01. The van der Waals surface area contributed by atoms with E-state index in [1.807, 2.05) is 24.3 Å². The number of furan rings is 1. The minimum absolute atomic E-state index is 0.173. The molecule has 20 heavy (non-hydrogen) atoms. The van der Waals surface area contributed by atoms with Crippen LogP contribution in [-0.4, -0.2) is 13.0 Å². The van der Waals surface area contributed by atoms with E-state index >= 15 is 0 Å². The van der Waals surface area contributed by atoms with Crippen molar-refractivity contribution in [2.45, 2.75) is 6.54 Å². The van der Waals surface area contributed by atoms with E-state index in [-0.39, 0.29) is 5.91 Å². The van der Waals surface area contributed by atoms with E-state index in [0.29, 0.717) is 6.54 Å². The topological polar surface area (TPSA) is 51.5 Å². The Bertz CT molecular complexity index is 606. The Labute approximate surface area is 125 Å². The van der Waals surface area contributed by atoms with Gasteiger partial charge in [0.05, 0.1) is 24.4 Å². The molecule has 5 heteroatoms. The zero-order valence-electron chi connectivity index (χ0n) is 10.9.